The van der Waals surface area contributed by atoms with E-state index in [2.05, 4.69) is 14.9 Å². The molecule has 4 rings (SSSR count). The fraction of sp³-hybridized carbons (Fsp3) is 0.481. The molecule has 2 aliphatic rings. The van der Waals surface area contributed by atoms with Gasteiger partial charge in [0, 0.05) is 31.2 Å². The van der Waals surface area contributed by atoms with Gasteiger partial charge in [0.15, 0.2) is 0 Å². The zero-order chi connectivity index (χ0) is 26.5. The molecule has 9 nitrogen and oxygen atoms in total. The lowest BCUT2D eigenvalue weighted by Gasteiger charge is -2.40. The fourth-order valence-corrected chi connectivity index (χ4v) is 5.61. The van der Waals surface area contributed by atoms with Crippen molar-refractivity contribution in [2.75, 3.05) is 24.1 Å². The van der Waals surface area contributed by atoms with Crippen LogP contribution in [0.5, 0.6) is 11.5 Å². The summed E-state index contributed by atoms with van der Waals surface area (Å²) in [6.07, 6.45) is 6.77. The minimum absolute atomic E-state index is 0.0640. The molecule has 1 aliphatic carbocycles. The summed E-state index contributed by atoms with van der Waals surface area (Å²) in [5.41, 5.74) is 0.357. The van der Waals surface area contributed by atoms with E-state index >= 15 is 0 Å². The van der Waals surface area contributed by atoms with Gasteiger partial charge >= 0.3 is 5.97 Å². The largest absolute Gasteiger partial charge is 0.480 e. The second-order valence-electron chi connectivity index (χ2n) is 10.1. The molecule has 0 radical (unpaired) electrons. The van der Waals surface area contributed by atoms with Crippen LogP contribution in [0.2, 0.25) is 0 Å². The quantitative estimate of drug-likeness (QED) is 0.449. The van der Waals surface area contributed by atoms with Crippen LogP contribution in [-0.4, -0.2) is 55.2 Å². The van der Waals surface area contributed by atoms with Crippen molar-refractivity contribution in [1.82, 2.24) is 10.2 Å². The molecule has 1 aliphatic heterocycles. The number of benzene rings is 2. The molecule has 2 aromatic rings. The maximum Gasteiger partial charge on any atom is 0.329 e. The minimum Gasteiger partial charge on any atom is -0.480 e. The molecular formula is C27H35N3O6S. The number of amides is 1. The number of hydrogen-bond acceptors (Lipinski definition) is 6. The third-order valence-electron chi connectivity index (χ3n) is 7.18. The number of ether oxygens (including phenoxy) is 1. The Bertz CT molecular complexity index is 1180. The fourth-order valence-electron chi connectivity index (χ4n) is 5.05. The molecule has 1 amide bonds. The molecule has 200 valence electrons. The van der Waals surface area contributed by atoms with Crippen LogP contribution >= 0.6 is 0 Å². The van der Waals surface area contributed by atoms with Gasteiger partial charge in [0.1, 0.15) is 17.0 Å². The summed E-state index contributed by atoms with van der Waals surface area (Å²) in [6.45, 7) is 1.85. The highest BCUT2D eigenvalue weighted by Gasteiger charge is 2.43. The number of rotatable bonds is 9. The number of aliphatic carboxylic acids is 1. The van der Waals surface area contributed by atoms with E-state index in [1.54, 1.807) is 24.3 Å². The Kier molecular flexibility index (Phi) is 8.39. The first-order chi connectivity index (χ1) is 17.6. The van der Waals surface area contributed by atoms with Gasteiger partial charge in [0.2, 0.25) is 15.9 Å². The van der Waals surface area contributed by atoms with Crippen molar-refractivity contribution < 1.29 is 27.9 Å². The second-order valence-corrected chi connectivity index (χ2v) is 11.9. The summed E-state index contributed by atoms with van der Waals surface area (Å²) >= 11 is 0. The van der Waals surface area contributed by atoms with Crippen LogP contribution in [0.25, 0.3) is 0 Å². The zero-order valence-corrected chi connectivity index (χ0v) is 21.9. The third-order valence-corrected chi connectivity index (χ3v) is 7.79. The van der Waals surface area contributed by atoms with Crippen molar-refractivity contribution in [3.63, 3.8) is 0 Å². The summed E-state index contributed by atoms with van der Waals surface area (Å²) in [5, 5.41) is 12.9. The lowest BCUT2D eigenvalue weighted by Crippen LogP contribution is -2.61. The number of likely N-dealkylation sites (tertiary alicyclic amines) is 1. The monoisotopic (exact) mass is 529 g/mol. The van der Waals surface area contributed by atoms with Crippen molar-refractivity contribution in [2.45, 2.75) is 57.0 Å². The Labute approximate surface area is 218 Å². The van der Waals surface area contributed by atoms with Gasteiger partial charge in [0.25, 0.3) is 0 Å². The van der Waals surface area contributed by atoms with E-state index in [0.717, 1.165) is 43.9 Å². The van der Waals surface area contributed by atoms with Crippen molar-refractivity contribution in [3.8, 4) is 11.5 Å². The topological polar surface area (TPSA) is 125 Å². The predicted octanol–water partition coefficient (Wildman–Crippen LogP) is 3.97. The highest BCUT2D eigenvalue weighted by Crippen LogP contribution is 2.29. The van der Waals surface area contributed by atoms with Crippen LogP contribution in [0.1, 0.15) is 50.5 Å². The maximum absolute atomic E-state index is 12.8. The maximum atomic E-state index is 12.8. The number of carboxylic acid groups (broad SMARTS) is 1. The van der Waals surface area contributed by atoms with Crippen LogP contribution in [0, 0.1) is 5.92 Å². The predicted molar refractivity (Wildman–Crippen MR) is 141 cm³/mol. The Balaban J connectivity index is 1.28. The Morgan fingerprint density at radius 1 is 0.973 bits per heavy atom. The highest BCUT2D eigenvalue weighted by molar-refractivity contribution is 7.92. The molecular weight excluding hydrogens is 494 g/mol. The van der Waals surface area contributed by atoms with E-state index in [0.29, 0.717) is 49.7 Å². The van der Waals surface area contributed by atoms with Gasteiger partial charge < -0.3 is 15.2 Å². The summed E-state index contributed by atoms with van der Waals surface area (Å²) in [7, 11) is -3.33. The van der Waals surface area contributed by atoms with Gasteiger partial charge in [-0.1, -0.05) is 31.4 Å². The first-order valence-electron chi connectivity index (χ1n) is 12.7. The standard InChI is InChI=1S/C27H35N3O6S/c1-37(34,35)29-22-9-13-24(14-10-22)36-23-11-7-20(8-12-23)19-30-17-15-27(16-18-30,26(32)33)28-25(31)21-5-3-2-4-6-21/h7-14,21,29H,2-6,15-19H2,1H3,(H,28,31)(H,32,33). The molecule has 1 heterocycles. The molecule has 37 heavy (non-hydrogen) atoms. The van der Waals surface area contributed by atoms with E-state index < -0.39 is 21.5 Å². The summed E-state index contributed by atoms with van der Waals surface area (Å²) < 4.78 is 30.9. The third kappa shape index (κ3) is 7.45. The zero-order valence-electron chi connectivity index (χ0n) is 21.1. The number of carboxylic acids is 1. The second kappa shape index (κ2) is 11.5. The summed E-state index contributed by atoms with van der Waals surface area (Å²) in [5.74, 6) is 0.126. The Morgan fingerprint density at radius 3 is 2.08 bits per heavy atom. The molecule has 0 bridgehead atoms. The van der Waals surface area contributed by atoms with E-state index in [1.807, 2.05) is 24.3 Å². The lowest BCUT2D eigenvalue weighted by molar-refractivity contribution is -0.151. The van der Waals surface area contributed by atoms with Gasteiger partial charge in [0.05, 0.1) is 6.26 Å². The number of carbonyl (C=O) groups is 2. The van der Waals surface area contributed by atoms with Crippen molar-refractivity contribution in [3.05, 3.63) is 54.1 Å². The lowest BCUT2D eigenvalue weighted by atomic mass is 9.84. The smallest absolute Gasteiger partial charge is 0.329 e. The summed E-state index contributed by atoms with van der Waals surface area (Å²) in [4.78, 5) is 27.1. The van der Waals surface area contributed by atoms with Crippen LogP contribution < -0.4 is 14.8 Å². The molecule has 10 heteroatoms. The normalized spacial score (nSPS) is 18.6. The number of nitrogens with one attached hydrogen (secondary N) is 2. The van der Waals surface area contributed by atoms with Crippen LogP contribution in [0.15, 0.2) is 48.5 Å². The first kappa shape index (κ1) is 26.9. The van der Waals surface area contributed by atoms with Crippen LogP contribution in [0.3, 0.4) is 0 Å². The van der Waals surface area contributed by atoms with E-state index in [9.17, 15) is 23.1 Å². The molecule has 2 fully saturated rings. The van der Waals surface area contributed by atoms with Gasteiger partial charge in [-0.2, -0.15) is 0 Å². The molecule has 0 aromatic heterocycles. The number of nitrogens with zero attached hydrogens (tertiary/aromatic N) is 1. The van der Waals surface area contributed by atoms with E-state index in [1.165, 1.54) is 0 Å². The molecule has 1 saturated heterocycles. The molecule has 0 atom stereocenters. The van der Waals surface area contributed by atoms with Crippen molar-refractivity contribution in [2.24, 2.45) is 5.92 Å². The summed E-state index contributed by atoms with van der Waals surface area (Å²) in [6, 6.07) is 14.3. The number of sulfonamides is 1. The van der Waals surface area contributed by atoms with Gasteiger partial charge in [-0.25, -0.2) is 13.2 Å². The first-order valence-corrected chi connectivity index (χ1v) is 14.6. The van der Waals surface area contributed by atoms with Crippen LogP contribution in [-0.2, 0) is 26.2 Å². The molecule has 3 N–H and O–H groups in total. The number of carbonyl (C=O) groups excluding carboxylic acids is 1. The molecule has 1 saturated carbocycles. The molecule has 0 spiro atoms. The minimum atomic E-state index is -3.33. The van der Waals surface area contributed by atoms with E-state index in [4.69, 9.17) is 4.74 Å². The average Bonchev–Trinajstić information content (AvgIpc) is 2.87. The SMILES string of the molecule is CS(=O)(=O)Nc1ccc(Oc2ccc(CN3CCC(NC(=O)C4CCCCC4)(C(=O)O)CC3)cc2)cc1. The number of piperidine rings is 1. The van der Waals surface area contributed by atoms with Crippen molar-refractivity contribution in [1.29, 1.82) is 0 Å². The Hall–Kier alpha value is -3.11. The van der Waals surface area contributed by atoms with E-state index in [-0.39, 0.29) is 11.8 Å². The van der Waals surface area contributed by atoms with Crippen LogP contribution in [0.4, 0.5) is 5.69 Å². The van der Waals surface area contributed by atoms with Gasteiger partial charge in [-0.3, -0.25) is 14.4 Å². The highest BCUT2D eigenvalue weighted by atomic mass is 32.2. The number of anilines is 1. The molecule has 0 unspecified atom stereocenters. The van der Waals surface area contributed by atoms with Gasteiger partial charge in [-0.15, -0.1) is 0 Å². The number of hydrogen-bond donors (Lipinski definition) is 3. The molecule has 2 aromatic carbocycles. The van der Waals surface area contributed by atoms with Crippen molar-refractivity contribution >= 4 is 27.6 Å². The Morgan fingerprint density at radius 2 is 1.54 bits per heavy atom. The average molecular weight is 530 g/mol. The van der Waals surface area contributed by atoms with Gasteiger partial charge in [-0.05, 0) is 67.6 Å².